The highest BCUT2D eigenvalue weighted by Crippen LogP contribution is 2.33. The van der Waals surface area contributed by atoms with E-state index in [1.54, 1.807) is 0 Å². The van der Waals surface area contributed by atoms with Crippen molar-refractivity contribution >= 4 is 30.1 Å². The fourth-order valence-corrected chi connectivity index (χ4v) is 4.05. The monoisotopic (exact) mass is 416 g/mol. The van der Waals surface area contributed by atoms with Gasteiger partial charge in [-0.3, -0.25) is 4.79 Å². The first kappa shape index (κ1) is 23.9. The van der Waals surface area contributed by atoms with Crippen molar-refractivity contribution in [3.63, 3.8) is 0 Å². The predicted octanol–water partition coefficient (Wildman–Crippen LogP) is 3.81. The van der Waals surface area contributed by atoms with Crippen molar-refractivity contribution in [2.45, 2.75) is 46.2 Å². The molecule has 1 heterocycles. The first-order valence-electron chi connectivity index (χ1n) is 9.55. The summed E-state index contributed by atoms with van der Waals surface area (Å²) in [6, 6.07) is 6.17. The summed E-state index contributed by atoms with van der Waals surface area (Å²) in [6.07, 6.45) is 0.519. The molecule has 2 rings (SSSR count). The molecule has 7 heteroatoms. The third-order valence-electron chi connectivity index (χ3n) is 4.34. The number of rotatable bonds is 9. The summed E-state index contributed by atoms with van der Waals surface area (Å²) < 4.78 is 11.4. The van der Waals surface area contributed by atoms with E-state index in [9.17, 15) is 4.79 Å². The van der Waals surface area contributed by atoms with E-state index in [-0.39, 0.29) is 36.3 Å². The molecule has 1 aromatic carbocycles. The third-order valence-corrected chi connectivity index (χ3v) is 5.47. The van der Waals surface area contributed by atoms with Crippen LogP contribution in [0.2, 0.25) is 0 Å². The van der Waals surface area contributed by atoms with Gasteiger partial charge in [0, 0.05) is 30.5 Å². The number of amides is 1. The van der Waals surface area contributed by atoms with Crippen LogP contribution >= 0.6 is 24.2 Å². The number of thioether (sulfide) groups is 1. The summed E-state index contributed by atoms with van der Waals surface area (Å²) >= 11 is 1.91. The lowest BCUT2D eigenvalue weighted by atomic mass is 9.95. The van der Waals surface area contributed by atoms with Crippen LogP contribution in [0.3, 0.4) is 0 Å². The first-order chi connectivity index (χ1) is 12.5. The molecule has 0 aromatic heterocycles. The van der Waals surface area contributed by atoms with Gasteiger partial charge in [0.05, 0.1) is 19.3 Å². The Kier molecular flexibility index (Phi) is 11.0. The van der Waals surface area contributed by atoms with Gasteiger partial charge in [0.2, 0.25) is 5.91 Å². The maximum atomic E-state index is 12.6. The van der Waals surface area contributed by atoms with Crippen molar-refractivity contribution in [2.24, 2.45) is 5.92 Å². The molecular weight excluding hydrogens is 384 g/mol. The van der Waals surface area contributed by atoms with Crippen LogP contribution in [0.5, 0.6) is 11.5 Å². The summed E-state index contributed by atoms with van der Waals surface area (Å²) in [5.41, 5.74) is 1.05. The summed E-state index contributed by atoms with van der Waals surface area (Å²) in [5, 5.41) is 6.64. The molecule has 1 saturated heterocycles. The maximum Gasteiger partial charge on any atom is 0.222 e. The van der Waals surface area contributed by atoms with Gasteiger partial charge in [-0.1, -0.05) is 19.9 Å². The molecule has 0 aliphatic carbocycles. The van der Waals surface area contributed by atoms with Crippen LogP contribution in [-0.4, -0.2) is 43.2 Å². The van der Waals surface area contributed by atoms with Crippen LogP contribution in [0.4, 0.5) is 0 Å². The van der Waals surface area contributed by atoms with E-state index < -0.39 is 0 Å². The third kappa shape index (κ3) is 7.43. The number of hydrogen-bond donors (Lipinski definition) is 2. The van der Waals surface area contributed by atoms with Crippen LogP contribution in [0.25, 0.3) is 0 Å². The van der Waals surface area contributed by atoms with Gasteiger partial charge in [-0.15, -0.1) is 12.4 Å². The van der Waals surface area contributed by atoms with Crippen LogP contribution in [0, 0.1) is 5.92 Å². The molecule has 0 saturated carbocycles. The number of halogens is 1. The van der Waals surface area contributed by atoms with Crippen molar-refractivity contribution < 1.29 is 14.3 Å². The molecular formula is C20H33ClN2O3S. The molecule has 27 heavy (non-hydrogen) atoms. The molecule has 2 unspecified atom stereocenters. The van der Waals surface area contributed by atoms with Crippen LogP contribution in [-0.2, 0) is 4.79 Å². The Hall–Kier alpha value is -1.11. The van der Waals surface area contributed by atoms with E-state index >= 15 is 0 Å². The zero-order chi connectivity index (χ0) is 18.9. The van der Waals surface area contributed by atoms with Gasteiger partial charge in [0.1, 0.15) is 0 Å². The molecule has 0 bridgehead atoms. The fraction of sp³-hybridized carbons (Fsp3) is 0.650. The minimum atomic E-state index is -0.0476. The van der Waals surface area contributed by atoms with E-state index in [0.717, 1.165) is 35.1 Å². The Morgan fingerprint density at radius 3 is 2.56 bits per heavy atom. The molecule has 1 fully saturated rings. The molecule has 154 valence electrons. The van der Waals surface area contributed by atoms with Crippen molar-refractivity contribution in [2.75, 3.05) is 31.3 Å². The van der Waals surface area contributed by atoms with Crippen molar-refractivity contribution in [3.8, 4) is 11.5 Å². The van der Waals surface area contributed by atoms with Gasteiger partial charge in [-0.2, -0.15) is 11.8 Å². The zero-order valence-electron chi connectivity index (χ0n) is 16.7. The second-order valence-electron chi connectivity index (χ2n) is 6.79. The number of nitrogens with one attached hydrogen (secondary N) is 2. The Morgan fingerprint density at radius 2 is 1.96 bits per heavy atom. The van der Waals surface area contributed by atoms with Crippen molar-refractivity contribution in [1.29, 1.82) is 0 Å². The van der Waals surface area contributed by atoms with E-state index in [4.69, 9.17) is 9.47 Å². The van der Waals surface area contributed by atoms with E-state index in [0.29, 0.717) is 19.6 Å². The number of carbonyl (C=O) groups excluding carboxylic acids is 1. The Bertz CT molecular complexity index is 580. The normalized spacial score (nSPS) is 17.7. The van der Waals surface area contributed by atoms with Crippen LogP contribution in [0.15, 0.2) is 18.2 Å². The Balaban J connectivity index is 0.00000364. The lowest BCUT2D eigenvalue weighted by molar-refractivity contribution is -0.122. The smallest absolute Gasteiger partial charge is 0.222 e. The number of benzene rings is 1. The molecule has 1 aromatic rings. The number of hydrogen-bond acceptors (Lipinski definition) is 5. The highest BCUT2D eigenvalue weighted by Gasteiger charge is 2.23. The number of ether oxygens (including phenoxy) is 2. The summed E-state index contributed by atoms with van der Waals surface area (Å²) in [4.78, 5) is 12.6. The van der Waals surface area contributed by atoms with E-state index in [1.165, 1.54) is 0 Å². The van der Waals surface area contributed by atoms with Crippen molar-refractivity contribution in [1.82, 2.24) is 10.6 Å². The summed E-state index contributed by atoms with van der Waals surface area (Å²) in [6.45, 7) is 10.3. The maximum absolute atomic E-state index is 12.6. The van der Waals surface area contributed by atoms with Crippen LogP contribution < -0.4 is 20.1 Å². The molecule has 0 radical (unpaired) electrons. The van der Waals surface area contributed by atoms with Gasteiger partial charge in [0.25, 0.3) is 0 Å². The summed E-state index contributed by atoms with van der Waals surface area (Å²) in [5.74, 6) is 3.97. The fourth-order valence-electron chi connectivity index (χ4n) is 3.10. The molecule has 0 spiro atoms. The van der Waals surface area contributed by atoms with Gasteiger partial charge >= 0.3 is 0 Å². The molecule has 1 amide bonds. The Morgan fingerprint density at radius 1 is 1.26 bits per heavy atom. The molecule has 1 aliphatic rings. The highest BCUT2D eigenvalue weighted by molar-refractivity contribution is 7.99. The largest absolute Gasteiger partial charge is 0.490 e. The topological polar surface area (TPSA) is 59.6 Å². The highest BCUT2D eigenvalue weighted by atomic mass is 35.5. The molecule has 2 N–H and O–H groups in total. The lowest BCUT2D eigenvalue weighted by Gasteiger charge is -2.27. The van der Waals surface area contributed by atoms with Gasteiger partial charge in [0.15, 0.2) is 11.5 Å². The van der Waals surface area contributed by atoms with Crippen molar-refractivity contribution in [3.05, 3.63) is 23.8 Å². The number of carbonyl (C=O) groups is 1. The quantitative estimate of drug-likeness (QED) is 0.640. The average molecular weight is 417 g/mol. The molecule has 1 aliphatic heterocycles. The lowest BCUT2D eigenvalue weighted by Crippen LogP contribution is -2.42. The molecule has 2 atom stereocenters. The Labute approximate surface area is 173 Å². The SMILES string of the molecule is CCOc1ccc(C(NC(=O)CC2CSCCN2)C(C)C)cc1OCC.Cl. The van der Waals surface area contributed by atoms with Gasteiger partial charge in [-0.25, -0.2) is 0 Å². The van der Waals surface area contributed by atoms with Gasteiger partial charge < -0.3 is 20.1 Å². The van der Waals surface area contributed by atoms with E-state index in [1.807, 2.05) is 43.8 Å². The standard InChI is InChI=1S/C20H32N2O3S.ClH/c1-5-24-17-8-7-15(11-18(17)25-6-2)20(14(3)4)22-19(23)12-16-13-26-10-9-21-16;/h7-8,11,14,16,20-21H,5-6,9-10,12-13H2,1-4H3,(H,22,23);1H. The predicted molar refractivity (Wildman–Crippen MR) is 115 cm³/mol. The van der Waals surface area contributed by atoms with E-state index in [2.05, 4.69) is 24.5 Å². The second kappa shape index (κ2) is 12.4. The minimum absolute atomic E-state index is 0. The van der Waals surface area contributed by atoms with Gasteiger partial charge in [-0.05, 0) is 37.5 Å². The van der Waals surface area contributed by atoms with Crippen LogP contribution in [0.1, 0.15) is 45.7 Å². The second-order valence-corrected chi connectivity index (χ2v) is 7.94. The first-order valence-corrected chi connectivity index (χ1v) is 10.7. The average Bonchev–Trinajstić information content (AvgIpc) is 2.62. The summed E-state index contributed by atoms with van der Waals surface area (Å²) in [7, 11) is 0. The minimum Gasteiger partial charge on any atom is -0.490 e. The molecule has 5 nitrogen and oxygen atoms in total. The zero-order valence-corrected chi connectivity index (χ0v) is 18.4.